The van der Waals surface area contributed by atoms with E-state index < -0.39 is 16.1 Å². The average molecular weight is 455 g/mol. The van der Waals surface area contributed by atoms with Gasteiger partial charge in [0.25, 0.3) is 0 Å². The van der Waals surface area contributed by atoms with Gasteiger partial charge in [0.05, 0.1) is 18.0 Å². The molecule has 0 spiro atoms. The van der Waals surface area contributed by atoms with Gasteiger partial charge < -0.3 is 20.4 Å². The zero-order valence-electron chi connectivity index (χ0n) is 18.9. The molecule has 1 radical (unpaired) electrons. The zero-order valence-corrected chi connectivity index (χ0v) is 19.7. The third-order valence-electron chi connectivity index (χ3n) is 5.67. The molecule has 1 heterocycles. The van der Waals surface area contributed by atoms with Crippen molar-refractivity contribution in [2.45, 2.75) is 63.9 Å². The number of phenolic OH excluding ortho intramolecular Hbond substituents is 1. The number of rotatable bonds is 15. The Morgan fingerprint density at radius 1 is 1.03 bits per heavy atom. The van der Waals surface area contributed by atoms with E-state index in [1.165, 1.54) is 83.1 Å². The molecule has 0 aliphatic carbocycles. The van der Waals surface area contributed by atoms with E-state index in [0.717, 1.165) is 19.2 Å². The number of nitrogens with zero attached hydrogens (tertiary/aromatic N) is 1. The Hall–Kier alpha value is -1.35. The third-order valence-corrected chi connectivity index (χ3v) is 6.26. The van der Waals surface area contributed by atoms with Crippen molar-refractivity contribution < 1.29 is 18.6 Å². The van der Waals surface area contributed by atoms with Gasteiger partial charge in [-0.1, -0.05) is 38.2 Å². The van der Waals surface area contributed by atoms with Crippen LogP contribution >= 0.6 is 0 Å². The molecule has 1 atom stereocenters. The molecule has 1 aromatic rings. The first kappa shape index (κ1) is 25.9. The molecule has 0 saturated carbocycles. The molecule has 2 rings (SSSR count). The van der Waals surface area contributed by atoms with E-state index in [9.17, 15) is 18.6 Å². The number of likely N-dealkylation sites (tertiary alicyclic amines) is 1. The van der Waals surface area contributed by atoms with Crippen LogP contribution in [0, 0.1) is 6.42 Å². The minimum Gasteiger partial charge on any atom is -0.506 e. The molecule has 177 valence electrons. The quantitative estimate of drug-likeness (QED) is 0.239. The maximum absolute atomic E-state index is 11.4. The van der Waals surface area contributed by atoms with Crippen molar-refractivity contribution >= 4 is 15.7 Å². The lowest BCUT2D eigenvalue weighted by Crippen LogP contribution is -2.30. The average Bonchev–Trinajstić information content (AvgIpc) is 2.73. The highest BCUT2D eigenvalue weighted by Crippen LogP contribution is 2.27. The number of sulfonamides is 1. The number of unbranched alkanes of at least 4 members (excludes halogenated alkanes) is 6. The number of aromatic hydroxyl groups is 1. The monoisotopic (exact) mass is 454 g/mol. The van der Waals surface area contributed by atoms with Crippen molar-refractivity contribution in [3.8, 4) is 5.75 Å². The summed E-state index contributed by atoms with van der Waals surface area (Å²) in [4.78, 5) is 2.58. The van der Waals surface area contributed by atoms with E-state index in [2.05, 4.69) is 21.4 Å². The number of phenols is 1. The molecule has 0 amide bonds. The highest BCUT2D eigenvalue weighted by molar-refractivity contribution is 7.92. The fraction of sp³-hybridized carbons (Fsp3) is 0.696. The van der Waals surface area contributed by atoms with Crippen LogP contribution in [0.2, 0.25) is 0 Å². The van der Waals surface area contributed by atoms with Crippen LogP contribution in [0.1, 0.15) is 69.5 Å². The van der Waals surface area contributed by atoms with Crippen LogP contribution in [0.25, 0.3) is 0 Å². The minimum atomic E-state index is -3.50. The fourth-order valence-electron chi connectivity index (χ4n) is 3.90. The van der Waals surface area contributed by atoms with Gasteiger partial charge in [-0.25, -0.2) is 8.42 Å². The van der Waals surface area contributed by atoms with Crippen molar-refractivity contribution in [1.82, 2.24) is 10.2 Å². The van der Waals surface area contributed by atoms with Crippen LogP contribution in [0.5, 0.6) is 5.75 Å². The Morgan fingerprint density at radius 3 is 2.35 bits per heavy atom. The normalized spacial score (nSPS) is 16.3. The molecule has 0 unspecified atom stereocenters. The van der Waals surface area contributed by atoms with Gasteiger partial charge >= 0.3 is 0 Å². The summed E-state index contributed by atoms with van der Waals surface area (Å²) < 4.78 is 25.0. The molecule has 1 fully saturated rings. The van der Waals surface area contributed by atoms with Gasteiger partial charge in [-0.15, -0.1) is 0 Å². The summed E-state index contributed by atoms with van der Waals surface area (Å²) in [6.07, 6.45) is 13.9. The van der Waals surface area contributed by atoms with E-state index in [0.29, 0.717) is 12.1 Å². The van der Waals surface area contributed by atoms with Crippen LogP contribution in [0.15, 0.2) is 18.2 Å². The van der Waals surface area contributed by atoms with Crippen LogP contribution in [0.4, 0.5) is 5.69 Å². The van der Waals surface area contributed by atoms with Gasteiger partial charge in [0.15, 0.2) is 0 Å². The predicted molar refractivity (Wildman–Crippen MR) is 127 cm³/mol. The minimum absolute atomic E-state index is 0.0773. The lowest BCUT2D eigenvalue weighted by atomic mass is 10.1. The molecule has 1 saturated heterocycles. The van der Waals surface area contributed by atoms with E-state index in [-0.39, 0.29) is 11.4 Å². The number of nitrogens with one attached hydrogen (secondary N) is 2. The topological polar surface area (TPSA) is 102 Å². The SMILES string of the molecule is CS(=O)(=O)Nc1cc([C@@H](O)CNCCCCCCCCCN2CC[CH]CC2)ccc1O. The molecule has 31 heavy (non-hydrogen) atoms. The molecule has 4 N–H and O–H groups in total. The molecule has 1 aromatic carbocycles. The highest BCUT2D eigenvalue weighted by atomic mass is 32.2. The van der Waals surface area contributed by atoms with Crippen LogP contribution in [-0.4, -0.2) is 62.5 Å². The Morgan fingerprint density at radius 2 is 1.68 bits per heavy atom. The van der Waals surface area contributed by atoms with Crippen LogP contribution in [-0.2, 0) is 10.0 Å². The van der Waals surface area contributed by atoms with Crippen molar-refractivity contribution in [2.24, 2.45) is 0 Å². The second kappa shape index (κ2) is 13.9. The fourth-order valence-corrected chi connectivity index (χ4v) is 4.46. The van der Waals surface area contributed by atoms with Crippen LogP contribution in [0.3, 0.4) is 0 Å². The molecule has 0 aromatic heterocycles. The molecular formula is C23H40N3O4S. The first-order valence-electron chi connectivity index (χ1n) is 11.6. The maximum Gasteiger partial charge on any atom is 0.229 e. The van der Waals surface area contributed by atoms with Gasteiger partial charge in [-0.2, -0.15) is 0 Å². The number of aliphatic hydroxyl groups excluding tert-OH is 1. The highest BCUT2D eigenvalue weighted by Gasteiger charge is 2.13. The molecule has 1 aliphatic rings. The number of benzene rings is 1. The van der Waals surface area contributed by atoms with E-state index in [1.807, 2.05) is 0 Å². The number of piperidine rings is 1. The second-order valence-electron chi connectivity index (χ2n) is 8.55. The van der Waals surface area contributed by atoms with Crippen LogP contribution < -0.4 is 10.0 Å². The number of hydrogen-bond donors (Lipinski definition) is 4. The van der Waals surface area contributed by atoms with Crippen molar-refractivity contribution in [3.63, 3.8) is 0 Å². The zero-order chi connectivity index (χ0) is 22.5. The van der Waals surface area contributed by atoms with E-state index >= 15 is 0 Å². The smallest absolute Gasteiger partial charge is 0.229 e. The Balaban J connectivity index is 1.49. The van der Waals surface area contributed by atoms with Crippen molar-refractivity contribution in [3.05, 3.63) is 30.2 Å². The summed E-state index contributed by atoms with van der Waals surface area (Å²) in [5.74, 6) is -0.167. The van der Waals surface area contributed by atoms with Gasteiger partial charge in [0.2, 0.25) is 10.0 Å². The van der Waals surface area contributed by atoms with Crippen molar-refractivity contribution in [1.29, 1.82) is 0 Å². The van der Waals surface area contributed by atoms with E-state index in [1.54, 1.807) is 6.07 Å². The number of hydrogen-bond acceptors (Lipinski definition) is 6. The standard InChI is InChI=1S/C23H40N3O4S/c1-31(29,30)25-21-18-20(12-13-22(21)27)23(28)19-24-14-8-5-3-2-4-6-9-15-26-16-10-7-11-17-26/h7,12-13,18,23-25,27-28H,2-6,8-11,14-17,19H2,1H3/t23-/m0/s1. The van der Waals surface area contributed by atoms with Gasteiger partial charge in [0.1, 0.15) is 5.75 Å². The molecule has 8 heteroatoms. The number of anilines is 1. The number of aliphatic hydroxyl groups is 1. The summed E-state index contributed by atoms with van der Waals surface area (Å²) in [5.41, 5.74) is 0.632. The Kier molecular flexibility index (Phi) is 11.6. The van der Waals surface area contributed by atoms with Crippen molar-refractivity contribution in [2.75, 3.05) is 43.7 Å². The Labute approximate surface area is 188 Å². The van der Waals surface area contributed by atoms with E-state index in [4.69, 9.17) is 0 Å². The summed E-state index contributed by atoms with van der Waals surface area (Å²) in [5, 5.41) is 23.4. The maximum atomic E-state index is 11.4. The predicted octanol–water partition coefficient (Wildman–Crippen LogP) is 3.42. The van der Waals surface area contributed by atoms with Gasteiger partial charge in [0, 0.05) is 6.54 Å². The van der Waals surface area contributed by atoms with Gasteiger partial charge in [-0.05, 0) is 76.0 Å². The Bertz CT molecular complexity index is 736. The third kappa shape index (κ3) is 11.2. The molecule has 7 nitrogen and oxygen atoms in total. The molecule has 1 aliphatic heterocycles. The first-order valence-corrected chi connectivity index (χ1v) is 13.5. The summed E-state index contributed by atoms with van der Waals surface area (Å²) >= 11 is 0. The molecular weight excluding hydrogens is 414 g/mol. The van der Waals surface area contributed by atoms with Gasteiger partial charge in [-0.3, -0.25) is 4.72 Å². The summed E-state index contributed by atoms with van der Waals surface area (Å²) in [7, 11) is -3.50. The first-order chi connectivity index (χ1) is 14.8. The lowest BCUT2D eigenvalue weighted by molar-refractivity contribution is 0.174. The summed E-state index contributed by atoms with van der Waals surface area (Å²) in [6.45, 7) is 4.97. The lowest BCUT2D eigenvalue weighted by Gasteiger charge is -2.26. The second-order valence-corrected chi connectivity index (χ2v) is 10.3. The largest absolute Gasteiger partial charge is 0.506 e. The summed E-state index contributed by atoms with van der Waals surface area (Å²) in [6, 6.07) is 4.45. The molecule has 0 bridgehead atoms.